The standard InChI is InChI=1S/C36H46N2O8S2/c1-26-17-19-30-28(24-26)35(2,3)32(38(30)22-12-13-23-47(41,42)43)14-8-6-9-15-33-36(4,5)29-25-27(48(44,45)46)18-20-31(29)37(33)21-11-7-10-16-34(39)40/h6,8-9,14-15,17-20,24-25H,7,10-13,16,21-23H2,1-5H3,(H2-,39,40,41,42,43,44,45,46)/p+1. The molecule has 0 bridgehead atoms. The maximum Gasteiger partial charge on any atom is 0.303 e. The van der Waals surface area contributed by atoms with Gasteiger partial charge in [-0.05, 0) is 76.3 Å². The lowest BCUT2D eigenvalue weighted by Crippen LogP contribution is -2.28. The van der Waals surface area contributed by atoms with E-state index in [0.717, 1.165) is 46.8 Å². The maximum atomic E-state index is 12.0. The Bertz CT molecular complexity index is 1900. The van der Waals surface area contributed by atoms with Gasteiger partial charge in [-0.1, -0.05) is 49.8 Å². The van der Waals surface area contributed by atoms with Crippen LogP contribution in [0.5, 0.6) is 0 Å². The van der Waals surface area contributed by atoms with Gasteiger partial charge in [0.1, 0.15) is 6.54 Å². The van der Waals surface area contributed by atoms with Crippen molar-refractivity contribution in [3.63, 3.8) is 0 Å². The number of nitrogens with zero attached hydrogens (tertiary/aromatic N) is 2. The van der Waals surface area contributed by atoms with Gasteiger partial charge in [0.05, 0.1) is 16.1 Å². The third-order valence-corrected chi connectivity index (χ3v) is 10.9. The molecule has 2 aliphatic rings. The number of carbonyl (C=O) groups is 1. The second-order valence-corrected chi connectivity index (χ2v) is 16.6. The number of fused-ring (bicyclic) bond motifs is 2. The van der Waals surface area contributed by atoms with E-state index in [-0.39, 0.29) is 22.5 Å². The summed E-state index contributed by atoms with van der Waals surface area (Å²) < 4.78 is 67.5. The second-order valence-electron chi connectivity index (χ2n) is 13.6. The van der Waals surface area contributed by atoms with Crippen LogP contribution < -0.4 is 4.90 Å². The fraction of sp³-hybridized carbons (Fsp3) is 0.444. The fourth-order valence-corrected chi connectivity index (χ4v) is 7.80. The summed E-state index contributed by atoms with van der Waals surface area (Å²) in [5.41, 5.74) is 6.19. The van der Waals surface area contributed by atoms with Gasteiger partial charge in [-0.25, -0.2) is 0 Å². The number of rotatable bonds is 15. The zero-order chi connectivity index (χ0) is 35.5. The number of allylic oxidation sites excluding steroid dienone is 6. The molecular weight excluding hydrogens is 653 g/mol. The van der Waals surface area contributed by atoms with Crippen molar-refractivity contribution >= 4 is 43.3 Å². The normalized spacial score (nSPS) is 18.0. The summed E-state index contributed by atoms with van der Waals surface area (Å²) in [5.74, 6) is -1.10. The molecule has 0 aliphatic carbocycles. The average Bonchev–Trinajstić information content (AvgIpc) is 3.31. The van der Waals surface area contributed by atoms with Crippen LogP contribution >= 0.6 is 0 Å². The van der Waals surface area contributed by atoms with E-state index in [1.165, 1.54) is 17.7 Å². The number of hydrogen-bond acceptors (Lipinski definition) is 6. The first-order valence-corrected chi connectivity index (χ1v) is 19.3. The molecule has 10 nitrogen and oxygen atoms in total. The van der Waals surface area contributed by atoms with E-state index in [4.69, 9.17) is 5.11 Å². The quantitative estimate of drug-likeness (QED) is 0.0796. The van der Waals surface area contributed by atoms with Crippen molar-refractivity contribution < 1.29 is 40.4 Å². The molecule has 4 rings (SSSR count). The summed E-state index contributed by atoms with van der Waals surface area (Å²) in [4.78, 5) is 13.0. The molecule has 0 saturated heterocycles. The SMILES string of the molecule is Cc1ccc2c(c1)C(C)(C)C(=CC=CC=CC1=[N+](CCCCCC(=O)O)c3ccc(S(=O)(=O)O)cc3C1(C)C)N2CCCCS(=O)(=O)O. The first kappa shape index (κ1) is 37.2. The Morgan fingerprint density at radius 1 is 0.854 bits per heavy atom. The first-order chi connectivity index (χ1) is 22.3. The highest BCUT2D eigenvalue weighted by atomic mass is 32.2. The molecule has 0 aromatic heterocycles. The van der Waals surface area contributed by atoms with Crippen LogP contribution in [0.2, 0.25) is 0 Å². The number of hydrogen-bond donors (Lipinski definition) is 3. The van der Waals surface area contributed by atoms with Crippen molar-refractivity contribution in [1.82, 2.24) is 0 Å². The maximum absolute atomic E-state index is 12.0. The van der Waals surface area contributed by atoms with Crippen LogP contribution in [0.3, 0.4) is 0 Å². The lowest BCUT2D eigenvalue weighted by Gasteiger charge is -2.27. The second kappa shape index (κ2) is 14.5. The summed E-state index contributed by atoms with van der Waals surface area (Å²) in [6.07, 6.45) is 13.0. The molecule has 2 aliphatic heterocycles. The van der Waals surface area contributed by atoms with Crippen molar-refractivity contribution in [2.24, 2.45) is 0 Å². The van der Waals surface area contributed by atoms with Gasteiger partial charge >= 0.3 is 5.97 Å². The van der Waals surface area contributed by atoms with Gasteiger partial charge in [-0.2, -0.15) is 21.4 Å². The monoisotopic (exact) mass is 699 g/mol. The smallest absolute Gasteiger partial charge is 0.303 e. The Morgan fingerprint density at radius 2 is 1.58 bits per heavy atom. The molecule has 3 N–H and O–H groups in total. The third-order valence-electron chi connectivity index (χ3n) is 9.25. The highest BCUT2D eigenvalue weighted by Gasteiger charge is 2.45. The van der Waals surface area contributed by atoms with Gasteiger partial charge in [0.15, 0.2) is 5.71 Å². The van der Waals surface area contributed by atoms with Crippen LogP contribution in [0.1, 0.15) is 82.9 Å². The Kier molecular flexibility index (Phi) is 11.2. The molecule has 0 radical (unpaired) electrons. The zero-order valence-electron chi connectivity index (χ0n) is 28.3. The minimum absolute atomic E-state index is 0.111. The van der Waals surface area contributed by atoms with E-state index in [1.807, 2.05) is 38.2 Å². The van der Waals surface area contributed by atoms with Crippen LogP contribution in [-0.2, 0) is 35.9 Å². The molecule has 2 aromatic rings. The first-order valence-electron chi connectivity index (χ1n) is 16.2. The van der Waals surface area contributed by atoms with Crippen LogP contribution in [0.15, 0.2) is 77.4 Å². The van der Waals surface area contributed by atoms with Gasteiger partial charge in [0, 0.05) is 53.9 Å². The molecule has 0 atom stereocenters. The summed E-state index contributed by atoms with van der Waals surface area (Å²) in [7, 11) is -8.40. The Hall–Kier alpha value is -3.58. The Labute approximate surface area is 284 Å². The van der Waals surface area contributed by atoms with E-state index in [2.05, 4.69) is 54.5 Å². The van der Waals surface area contributed by atoms with Gasteiger partial charge in [-0.15, -0.1) is 0 Å². The molecule has 2 heterocycles. The number of carboxylic acid groups (broad SMARTS) is 1. The van der Waals surface area contributed by atoms with Crippen LogP contribution in [0, 0.1) is 6.92 Å². The van der Waals surface area contributed by atoms with Crippen molar-refractivity contribution in [3.05, 3.63) is 89.2 Å². The molecule has 0 spiro atoms. The molecule has 0 fully saturated rings. The number of aryl methyl sites for hydroxylation is 1. The number of unbranched alkanes of at least 4 members (excludes halogenated alkanes) is 3. The van der Waals surface area contributed by atoms with Crippen molar-refractivity contribution in [3.8, 4) is 0 Å². The fourth-order valence-electron chi connectivity index (χ4n) is 6.72. The largest absolute Gasteiger partial charge is 0.481 e. The Morgan fingerprint density at radius 3 is 2.25 bits per heavy atom. The Balaban J connectivity index is 1.62. The molecule has 12 heteroatoms. The van der Waals surface area contributed by atoms with Crippen LogP contribution in [-0.4, -0.2) is 66.1 Å². The summed E-state index contributed by atoms with van der Waals surface area (Å²) in [6.45, 7) is 11.6. The number of benzene rings is 2. The molecule has 0 amide bonds. The van der Waals surface area contributed by atoms with Gasteiger partial charge in [-0.3, -0.25) is 13.9 Å². The van der Waals surface area contributed by atoms with E-state index < -0.39 is 31.6 Å². The molecule has 260 valence electrons. The minimum atomic E-state index is -4.39. The van der Waals surface area contributed by atoms with Crippen molar-refractivity contribution in [2.45, 2.75) is 88.9 Å². The summed E-state index contributed by atoms with van der Waals surface area (Å²) in [5, 5.41) is 9.01. The van der Waals surface area contributed by atoms with E-state index >= 15 is 0 Å². The molecule has 2 aromatic carbocycles. The number of anilines is 1. The van der Waals surface area contributed by atoms with E-state index in [9.17, 15) is 30.7 Å². The number of carboxylic acids is 1. The lowest BCUT2D eigenvalue weighted by molar-refractivity contribution is -0.438. The van der Waals surface area contributed by atoms with E-state index in [1.54, 1.807) is 6.07 Å². The predicted molar refractivity (Wildman–Crippen MR) is 189 cm³/mol. The van der Waals surface area contributed by atoms with E-state index in [0.29, 0.717) is 32.4 Å². The van der Waals surface area contributed by atoms with Gasteiger partial charge in [0.2, 0.25) is 5.69 Å². The highest BCUT2D eigenvalue weighted by Crippen LogP contribution is 2.48. The molecule has 0 unspecified atom stereocenters. The molecule has 48 heavy (non-hydrogen) atoms. The zero-order valence-corrected chi connectivity index (χ0v) is 29.9. The predicted octanol–water partition coefficient (Wildman–Crippen LogP) is 6.73. The van der Waals surface area contributed by atoms with Crippen LogP contribution in [0.4, 0.5) is 11.4 Å². The average molecular weight is 700 g/mol. The minimum Gasteiger partial charge on any atom is -0.481 e. The number of aliphatic carboxylic acids is 1. The lowest BCUT2D eigenvalue weighted by atomic mass is 9.81. The molecular formula is C36H47N2O8S2+. The van der Waals surface area contributed by atoms with Gasteiger partial charge < -0.3 is 10.0 Å². The summed E-state index contributed by atoms with van der Waals surface area (Å²) >= 11 is 0. The van der Waals surface area contributed by atoms with Crippen molar-refractivity contribution in [1.29, 1.82) is 0 Å². The van der Waals surface area contributed by atoms with Crippen LogP contribution in [0.25, 0.3) is 0 Å². The summed E-state index contributed by atoms with van der Waals surface area (Å²) in [6, 6.07) is 11.0. The topological polar surface area (TPSA) is 152 Å². The highest BCUT2D eigenvalue weighted by molar-refractivity contribution is 7.86. The molecule has 0 saturated carbocycles. The van der Waals surface area contributed by atoms with Crippen molar-refractivity contribution in [2.75, 3.05) is 23.7 Å². The third kappa shape index (κ3) is 8.52. The van der Waals surface area contributed by atoms with Gasteiger partial charge in [0.25, 0.3) is 20.2 Å².